The van der Waals surface area contributed by atoms with Crippen LogP contribution in [0.5, 0.6) is 0 Å². The van der Waals surface area contributed by atoms with Crippen LogP contribution in [0.2, 0.25) is 0 Å². The van der Waals surface area contributed by atoms with E-state index in [-0.39, 0.29) is 6.10 Å². The lowest BCUT2D eigenvalue weighted by molar-refractivity contribution is -0.146. The van der Waals surface area contributed by atoms with Crippen molar-refractivity contribution >= 4 is 0 Å². The van der Waals surface area contributed by atoms with Crippen LogP contribution >= 0.6 is 0 Å². The summed E-state index contributed by atoms with van der Waals surface area (Å²) in [5.74, 6) is 0.775. The predicted octanol–water partition coefficient (Wildman–Crippen LogP) is 2.59. The fourth-order valence-electron chi connectivity index (χ4n) is 2.23. The summed E-state index contributed by atoms with van der Waals surface area (Å²) in [4.78, 5) is 0. The van der Waals surface area contributed by atoms with Crippen LogP contribution < -0.4 is 5.32 Å². The van der Waals surface area contributed by atoms with Crippen LogP contribution in [-0.2, 0) is 9.47 Å². The van der Waals surface area contributed by atoms with Crippen molar-refractivity contribution in [1.82, 2.24) is 5.32 Å². The highest BCUT2D eigenvalue weighted by molar-refractivity contribution is 4.96. The third-order valence-electron chi connectivity index (χ3n) is 3.39. The summed E-state index contributed by atoms with van der Waals surface area (Å²) in [7, 11) is 2.00. The molecule has 17 heavy (non-hydrogen) atoms. The molecule has 3 atom stereocenters. The average Bonchev–Trinajstić information content (AvgIpc) is 2.27. The Bertz CT molecular complexity index is 197. The molecule has 0 radical (unpaired) electrons. The quantitative estimate of drug-likeness (QED) is 0.631. The molecule has 1 fully saturated rings. The maximum atomic E-state index is 5.91. The Balaban J connectivity index is 2.15. The Kier molecular flexibility index (Phi) is 7.09. The topological polar surface area (TPSA) is 30.5 Å². The van der Waals surface area contributed by atoms with Crippen molar-refractivity contribution < 1.29 is 9.47 Å². The van der Waals surface area contributed by atoms with Crippen LogP contribution in [0.25, 0.3) is 0 Å². The minimum Gasteiger partial charge on any atom is -0.375 e. The molecular weight excluding hydrogens is 214 g/mol. The van der Waals surface area contributed by atoms with Gasteiger partial charge >= 0.3 is 0 Å². The minimum atomic E-state index is 0.263. The molecule has 0 aromatic carbocycles. The van der Waals surface area contributed by atoms with Crippen LogP contribution in [0, 0.1) is 5.92 Å². The van der Waals surface area contributed by atoms with E-state index in [1.807, 2.05) is 7.05 Å². The fourth-order valence-corrected chi connectivity index (χ4v) is 2.23. The van der Waals surface area contributed by atoms with E-state index in [9.17, 15) is 0 Å². The summed E-state index contributed by atoms with van der Waals surface area (Å²) in [6, 6.07) is 0.483. The number of nitrogens with one attached hydrogen (secondary N) is 1. The van der Waals surface area contributed by atoms with Gasteiger partial charge in [0, 0.05) is 19.3 Å². The van der Waals surface area contributed by atoms with Gasteiger partial charge in [-0.15, -0.1) is 0 Å². The second-order valence-electron chi connectivity index (χ2n) is 5.41. The number of likely N-dealkylation sites (N-methyl/N-ethyl adjacent to an activating group) is 1. The van der Waals surface area contributed by atoms with Crippen molar-refractivity contribution in [1.29, 1.82) is 0 Å². The second-order valence-corrected chi connectivity index (χ2v) is 5.41. The summed E-state index contributed by atoms with van der Waals surface area (Å²) in [5, 5.41) is 3.29. The van der Waals surface area contributed by atoms with Crippen LogP contribution in [0.1, 0.15) is 46.5 Å². The summed E-state index contributed by atoms with van der Waals surface area (Å²) >= 11 is 0. The smallest absolute Gasteiger partial charge is 0.0990 e. The lowest BCUT2D eigenvalue weighted by atomic mass is 9.85. The highest BCUT2D eigenvalue weighted by Gasteiger charge is 2.41. The monoisotopic (exact) mass is 243 g/mol. The molecule has 1 saturated carbocycles. The molecule has 3 heteroatoms. The Morgan fingerprint density at radius 1 is 1.24 bits per heavy atom. The van der Waals surface area contributed by atoms with Crippen molar-refractivity contribution in [2.75, 3.05) is 20.3 Å². The highest BCUT2D eigenvalue weighted by atomic mass is 16.5. The molecule has 1 aliphatic rings. The van der Waals surface area contributed by atoms with Gasteiger partial charge in [-0.3, -0.25) is 0 Å². The Hall–Kier alpha value is -0.120. The van der Waals surface area contributed by atoms with E-state index >= 15 is 0 Å². The molecule has 1 aliphatic carbocycles. The van der Waals surface area contributed by atoms with Crippen LogP contribution in [0.15, 0.2) is 0 Å². The second kappa shape index (κ2) is 8.06. The third kappa shape index (κ3) is 4.94. The number of hydrogen-bond acceptors (Lipinski definition) is 3. The van der Waals surface area contributed by atoms with Gasteiger partial charge in [-0.25, -0.2) is 0 Å². The van der Waals surface area contributed by atoms with Crippen molar-refractivity contribution in [3.63, 3.8) is 0 Å². The van der Waals surface area contributed by atoms with E-state index in [4.69, 9.17) is 9.47 Å². The van der Waals surface area contributed by atoms with Gasteiger partial charge in [-0.05, 0) is 38.6 Å². The first-order valence-corrected chi connectivity index (χ1v) is 7.09. The van der Waals surface area contributed by atoms with E-state index in [2.05, 4.69) is 26.1 Å². The molecule has 3 nitrogen and oxygen atoms in total. The van der Waals surface area contributed by atoms with E-state index in [0.717, 1.165) is 32.0 Å². The number of hydrogen-bond donors (Lipinski definition) is 1. The average molecular weight is 243 g/mol. The van der Waals surface area contributed by atoms with Gasteiger partial charge in [0.05, 0.1) is 12.2 Å². The van der Waals surface area contributed by atoms with Crippen molar-refractivity contribution in [3.05, 3.63) is 0 Å². The predicted molar refractivity (Wildman–Crippen MR) is 71.3 cm³/mol. The van der Waals surface area contributed by atoms with Crippen molar-refractivity contribution in [2.24, 2.45) is 5.92 Å². The summed E-state index contributed by atoms with van der Waals surface area (Å²) in [5.41, 5.74) is 0. The van der Waals surface area contributed by atoms with Crippen LogP contribution in [0.4, 0.5) is 0 Å². The van der Waals surface area contributed by atoms with Gasteiger partial charge in [0.25, 0.3) is 0 Å². The van der Waals surface area contributed by atoms with Crippen LogP contribution in [0.3, 0.4) is 0 Å². The first-order chi connectivity index (χ1) is 8.19. The van der Waals surface area contributed by atoms with E-state index < -0.39 is 0 Å². The van der Waals surface area contributed by atoms with E-state index in [0.29, 0.717) is 12.1 Å². The molecule has 3 unspecified atom stereocenters. The van der Waals surface area contributed by atoms with Gasteiger partial charge in [0.1, 0.15) is 0 Å². The number of ether oxygens (including phenoxy) is 2. The van der Waals surface area contributed by atoms with Gasteiger partial charge in [0.2, 0.25) is 0 Å². The standard InChI is InChI=1S/C14H29NO2/c1-5-8-17-14-12(15-4)10-13(14)16-9-6-7-11(2)3/h11-15H,5-10H2,1-4H3. The molecule has 0 heterocycles. The van der Waals surface area contributed by atoms with E-state index in [1.54, 1.807) is 0 Å². The molecule has 0 aromatic heterocycles. The largest absolute Gasteiger partial charge is 0.375 e. The normalized spacial score (nSPS) is 28.4. The van der Waals surface area contributed by atoms with Gasteiger partial charge in [-0.1, -0.05) is 20.8 Å². The van der Waals surface area contributed by atoms with Gasteiger partial charge < -0.3 is 14.8 Å². The van der Waals surface area contributed by atoms with Gasteiger partial charge in [0.15, 0.2) is 0 Å². The summed E-state index contributed by atoms with van der Waals surface area (Å²) < 4.78 is 11.7. The van der Waals surface area contributed by atoms with Crippen molar-refractivity contribution in [3.8, 4) is 0 Å². The maximum Gasteiger partial charge on any atom is 0.0990 e. The summed E-state index contributed by atoms with van der Waals surface area (Å²) in [6.45, 7) is 8.38. The zero-order valence-electron chi connectivity index (χ0n) is 11.9. The Morgan fingerprint density at radius 3 is 2.59 bits per heavy atom. The molecular formula is C14H29NO2. The molecule has 1 rings (SSSR count). The molecule has 0 aromatic rings. The first kappa shape index (κ1) is 14.9. The van der Waals surface area contributed by atoms with E-state index in [1.165, 1.54) is 12.8 Å². The Labute approximate surface area is 106 Å². The fraction of sp³-hybridized carbons (Fsp3) is 1.00. The third-order valence-corrected chi connectivity index (χ3v) is 3.39. The molecule has 0 aliphatic heterocycles. The first-order valence-electron chi connectivity index (χ1n) is 7.09. The molecule has 0 saturated heterocycles. The van der Waals surface area contributed by atoms with Gasteiger partial charge in [-0.2, -0.15) is 0 Å². The molecule has 102 valence electrons. The Morgan fingerprint density at radius 2 is 2.00 bits per heavy atom. The molecule has 0 bridgehead atoms. The van der Waals surface area contributed by atoms with Crippen molar-refractivity contribution in [2.45, 2.75) is 64.7 Å². The number of rotatable bonds is 9. The lowest BCUT2D eigenvalue weighted by Gasteiger charge is -2.43. The lowest BCUT2D eigenvalue weighted by Crippen LogP contribution is -2.59. The summed E-state index contributed by atoms with van der Waals surface area (Å²) in [6.07, 6.45) is 5.16. The van der Waals surface area contributed by atoms with Crippen LogP contribution in [-0.4, -0.2) is 38.5 Å². The zero-order chi connectivity index (χ0) is 12.7. The highest BCUT2D eigenvalue weighted by Crippen LogP contribution is 2.27. The zero-order valence-corrected chi connectivity index (χ0v) is 11.9. The SMILES string of the molecule is CCCOC1C(NC)CC1OCCCC(C)C. The minimum absolute atomic E-state index is 0.263. The molecule has 0 spiro atoms. The maximum absolute atomic E-state index is 5.91. The molecule has 1 N–H and O–H groups in total. The molecule has 0 amide bonds.